The first kappa shape index (κ1) is 17.4. The SMILES string of the molecule is O=C(O)C1CCN(CCCN2c3ccccc3Sc3ccccc32)CC1. The number of para-hydroxylation sites is 2. The van der Waals surface area contributed by atoms with Crippen LogP contribution in [0.3, 0.4) is 0 Å². The number of carbonyl (C=O) groups is 1. The molecule has 136 valence electrons. The normalized spacial score (nSPS) is 17.6. The van der Waals surface area contributed by atoms with Crippen LogP contribution in [-0.4, -0.2) is 42.2 Å². The first-order valence-electron chi connectivity index (χ1n) is 9.31. The fourth-order valence-electron chi connectivity index (χ4n) is 3.88. The number of benzene rings is 2. The van der Waals surface area contributed by atoms with Crippen molar-refractivity contribution in [3.63, 3.8) is 0 Å². The summed E-state index contributed by atoms with van der Waals surface area (Å²) in [6.45, 7) is 3.81. The lowest BCUT2D eigenvalue weighted by molar-refractivity contribution is -0.143. The van der Waals surface area contributed by atoms with Crippen molar-refractivity contribution in [1.29, 1.82) is 0 Å². The minimum absolute atomic E-state index is 0.149. The van der Waals surface area contributed by atoms with Gasteiger partial charge in [-0.1, -0.05) is 36.0 Å². The largest absolute Gasteiger partial charge is 0.481 e. The molecule has 0 saturated carbocycles. The zero-order chi connectivity index (χ0) is 17.9. The molecule has 0 aliphatic carbocycles. The number of rotatable bonds is 5. The molecule has 0 aromatic heterocycles. The predicted octanol–water partition coefficient (Wildman–Crippen LogP) is 4.48. The first-order chi connectivity index (χ1) is 12.7. The monoisotopic (exact) mass is 368 g/mol. The highest BCUT2D eigenvalue weighted by Gasteiger charge is 2.25. The number of likely N-dealkylation sites (tertiary alicyclic amines) is 1. The van der Waals surface area contributed by atoms with E-state index >= 15 is 0 Å². The highest BCUT2D eigenvalue weighted by atomic mass is 32.2. The molecule has 1 N–H and O–H groups in total. The van der Waals surface area contributed by atoms with Crippen LogP contribution in [0.15, 0.2) is 58.3 Å². The van der Waals surface area contributed by atoms with Crippen LogP contribution in [0.2, 0.25) is 0 Å². The number of piperidine rings is 1. The third-order valence-corrected chi connectivity index (χ3v) is 6.46. The van der Waals surface area contributed by atoms with Gasteiger partial charge in [0.05, 0.1) is 17.3 Å². The zero-order valence-electron chi connectivity index (χ0n) is 14.8. The maximum atomic E-state index is 11.1. The topological polar surface area (TPSA) is 43.8 Å². The van der Waals surface area contributed by atoms with Crippen LogP contribution in [-0.2, 0) is 4.79 Å². The van der Waals surface area contributed by atoms with Gasteiger partial charge in [0.15, 0.2) is 0 Å². The van der Waals surface area contributed by atoms with E-state index in [1.807, 2.05) is 11.8 Å². The van der Waals surface area contributed by atoms with Crippen LogP contribution in [0.25, 0.3) is 0 Å². The molecule has 1 fully saturated rings. The highest BCUT2D eigenvalue weighted by molar-refractivity contribution is 7.99. The average Bonchev–Trinajstić information content (AvgIpc) is 2.68. The van der Waals surface area contributed by atoms with Crippen LogP contribution in [0.5, 0.6) is 0 Å². The van der Waals surface area contributed by atoms with E-state index in [1.165, 1.54) is 21.2 Å². The molecule has 4 rings (SSSR count). The summed E-state index contributed by atoms with van der Waals surface area (Å²) in [4.78, 5) is 18.6. The van der Waals surface area contributed by atoms with Crippen molar-refractivity contribution in [2.45, 2.75) is 29.1 Å². The number of hydrogen-bond donors (Lipinski definition) is 1. The van der Waals surface area contributed by atoms with E-state index in [4.69, 9.17) is 5.11 Å². The third-order valence-electron chi connectivity index (χ3n) is 5.32. The molecule has 4 nitrogen and oxygen atoms in total. The minimum atomic E-state index is -0.635. The molecule has 0 bridgehead atoms. The number of carboxylic acid groups (broad SMARTS) is 1. The molecule has 2 aliphatic rings. The van der Waals surface area contributed by atoms with Gasteiger partial charge < -0.3 is 14.9 Å². The Balaban J connectivity index is 1.40. The minimum Gasteiger partial charge on any atom is -0.481 e. The standard InChI is InChI=1S/C21H24N2O2S/c24-21(25)16-10-14-22(15-11-16)12-5-13-23-17-6-1-3-8-19(17)26-20-9-4-2-7-18(20)23/h1-4,6-9,16H,5,10-15H2,(H,24,25). The maximum absolute atomic E-state index is 11.1. The second kappa shape index (κ2) is 7.72. The van der Waals surface area contributed by atoms with Gasteiger partial charge in [-0.3, -0.25) is 4.79 Å². The molecule has 0 unspecified atom stereocenters. The van der Waals surface area contributed by atoms with Crippen LogP contribution >= 0.6 is 11.8 Å². The molecule has 1 saturated heterocycles. The van der Waals surface area contributed by atoms with Crippen LogP contribution in [0.4, 0.5) is 11.4 Å². The number of fused-ring (bicyclic) bond motifs is 2. The van der Waals surface area contributed by atoms with Gasteiger partial charge in [0.1, 0.15) is 0 Å². The van der Waals surface area contributed by atoms with Crippen molar-refractivity contribution in [3.05, 3.63) is 48.5 Å². The Morgan fingerprint density at radius 2 is 1.54 bits per heavy atom. The second-order valence-electron chi connectivity index (χ2n) is 7.00. The van der Waals surface area contributed by atoms with E-state index in [0.717, 1.165) is 45.4 Å². The molecule has 2 aromatic rings. The van der Waals surface area contributed by atoms with Crippen molar-refractivity contribution in [1.82, 2.24) is 4.90 Å². The molecule has 2 aromatic carbocycles. The number of hydrogen-bond acceptors (Lipinski definition) is 4. The Labute approximate surface area is 158 Å². The van der Waals surface area contributed by atoms with Crippen molar-refractivity contribution < 1.29 is 9.90 Å². The van der Waals surface area contributed by atoms with Crippen molar-refractivity contribution in [2.24, 2.45) is 5.92 Å². The summed E-state index contributed by atoms with van der Waals surface area (Å²) >= 11 is 1.84. The molecular weight excluding hydrogens is 344 g/mol. The Morgan fingerprint density at radius 3 is 2.12 bits per heavy atom. The predicted molar refractivity (Wildman–Crippen MR) is 105 cm³/mol. The van der Waals surface area contributed by atoms with Gasteiger partial charge in [0.2, 0.25) is 0 Å². The number of carboxylic acids is 1. The molecule has 0 spiro atoms. The summed E-state index contributed by atoms with van der Waals surface area (Å²) in [7, 11) is 0. The number of anilines is 2. The van der Waals surface area contributed by atoms with Crippen molar-refractivity contribution >= 4 is 29.1 Å². The molecular formula is C21H24N2O2S. The average molecular weight is 369 g/mol. The Kier molecular flexibility index (Phi) is 5.18. The molecule has 0 radical (unpaired) electrons. The summed E-state index contributed by atoms with van der Waals surface area (Å²) in [6, 6.07) is 17.2. The van der Waals surface area contributed by atoms with Gasteiger partial charge in [0, 0.05) is 16.3 Å². The third kappa shape index (κ3) is 3.60. The smallest absolute Gasteiger partial charge is 0.306 e. The van der Waals surface area contributed by atoms with E-state index in [1.54, 1.807) is 0 Å². The van der Waals surface area contributed by atoms with Gasteiger partial charge >= 0.3 is 5.97 Å². The molecule has 26 heavy (non-hydrogen) atoms. The fraction of sp³-hybridized carbons (Fsp3) is 0.381. The Bertz CT molecular complexity index is 742. The van der Waals surface area contributed by atoms with Gasteiger partial charge in [0.25, 0.3) is 0 Å². The lowest BCUT2D eigenvalue weighted by Gasteiger charge is -2.34. The highest BCUT2D eigenvalue weighted by Crippen LogP contribution is 2.47. The van der Waals surface area contributed by atoms with Crippen molar-refractivity contribution in [2.75, 3.05) is 31.1 Å². The van der Waals surface area contributed by atoms with Gasteiger partial charge in [-0.05, 0) is 63.2 Å². The first-order valence-corrected chi connectivity index (χ1v) is 10.1. The van der Waals surface area contributed by atoms with Gasteiger partial charge in [-0.15, -0.1) is 0 Å². The van der Waals surface area contributed by atoms with Gasteiger partial charge in [-0.2, -0.15) is 0 Å². The Hall–Kier alpha value is -1.98. The fourth-order valence-corrected chi connectivity index (χ4v) is 4.97. The van der Waals surface area contributed by atoms with E-state index in [0.29, 0.717) is 0 Å². The lowest BCUT2D eigenvalue weighted by atomic mass is 9.97. The summed E-state index contributed by atoms with van der Waals surface area (Å²) in [5.41, 5.74) is 2.58. The second-order valence-corrected chi connectivity index (χ2v) is 8.08. The maximum Gasteiger partial charge on any atom is 0.306 e. The quantitative estimate of drug-likeness (QED) is 0.843. The van der Waals surface area contributed by atoms with E-state index in [2.05, 4.69) is 58.3 Å². The molecule has 0 atom stereocenters. The van der Waals surface area contributed by atoms with Crippen LogP contribution in [0, 0.1) is 5.92 Å². The Morgan fingerprint density at radius 1 is 0.962 bits per heavy atom. The molecule has 5 heteroatoms. The molecule has 0 amide bonds. The summed E-state index contributed by atoms with van der Waals surface area (Å²) in [5.74, 6) is -0.784. The molecule has 2 aliphatic heterocycles. The molecule has 2 heterocycles. The summed E-state index contributed by atoms with van der Waals surface area (Å²) in [5, 5.41) is 9.13. The van der Waals surface area contributed by atoms with E-state index < -0.39 is 5.97 Å². The number of nitrogens with zero attached hydrogens (tertiary/aromatic N) is 2. The van der Waals surface area contributed by atoms with Gasteiger partial charge in [-0.25, -0.2) is 0 Å². The van der Waals surface area contributed by atoms with Crippen LogP contribution in [0.1, 0.15) is 19.3 Å². The summed E-state index contributed by atoms with van der Waals surface area (Å²) < 4.78 is 0. The van der Waals surface area contributed by atoms with E-state index in [-0.39, 0.29) is 5.92 Å². The van der Waals surface area contributed by atoms with E-state index in [9.17, 15) is 4.79 Å². The summed E-state index contributed by atoms with van der Waals surface area (Å²) in [6.07, 6.45) is 2.63. The van der Waals surface area contributed by atoms with Crippen molar-refractivity contribution in [3.8, 4) is 0 Å². The lowest BCUT2D eigenvalue weighted by Crippen LogP contribution is -2.37. The number of aliphatic carboxylic acids is 1. The van der Waals surface area contributed by atoms with Crippen LogP contribution < -0.4 is 4.90 Å². The zero-order valence-corrected chi connectivity index (χ0v) is 15.6.